The van der Waals surface area contributed by atoms with Crippen LogP contribution in [0.1, 0.15) is 11.1 Å². The summed E-state index contributed by atoms with van der Waals surface area (Å²) in [5.74, 6) is 1.17. The Bertz CT molecular complexity index is 845. The maximum absolute atomic E-state index is 9.73. The van der Waals surface area contributed by atoms with Crippen LogP contribution in [0.3, 0.4) is 0 Å². The van der Waals surface area contributed by atoms with Crippen LogP contribution in [0.5, 0.6) is 11.5 Å². The van der Waals surface area contributed by atoms with Crippen LogP contribution in [0.2, 0.25) is 0 Å². The van der Waals surface area contributed by atoms with E-state index >= 15 is 0 Å². The van der Waals surface area contributed by atoms with Gasteiger partial charge < -0.3 is 9.84 Å². The first-order valence-electron chi connectivity index (χ1n) is 6.54. The maximum Gasteiger partial charge on any atom is 0.167 e. The molecule has 3 rings (SSSR count). The first kappa shape index (κ1) is 14.3. The summed E-state index contributed by atoms with van der Waals surface area (Å²) in [6, 6.07) is 5.06. The molecule has 0 aliphatic rings. The van der Waals surface area contributed by atoms with Crippen molar-refractivity contribution in [3.05, 3.63) is 41.0 Å². The summed E-state index contributed by atoms with van der Waals surface area (Å²) in [6.07, 6.45) is 3.12. The number of hydrogen-bond donors (Lipinski definition) is 2. The normalized spacial score (nSPS) is 11.2. The van der Waals surface area contributed by atoms with E-state index in [2.05, 4.69) is 20.5 Å². The van der Waals surface area contributed by atoms with E-state index in [1.54, 1.807) is 35.8 Å². The second kappa shape index (κ2) is 5.98. The molecule has 7 heteroatoms. The van der Waals surface area contributed by atoms with Gasteiger partial charge in [0.1, 0.15) is 6.33 Å². The Morgan fingerprint density at radius 2 is 2.23 bits per heavy atom. The lowest BCUT2D eigenvalue weighted by atomic mass is 10.2. The van der Waals surface area contributed by atoms with E-state index in [4.69, 9.17) is 4.74 Å². The molecule has 6 nitrogen and oxygen atoms in total. The number of hydrazone groups is 1. The van der Waals surface area contributed by atoms with E-state index in [-0.39, 0.29) is 5.75 Å². The molecule has 2 N–H and O–H groups in total. The number of rotatable bonds is 4. The molecule has 2 heterocycles. The monoisotopic (exact) mass is 314 g/mol. The number of methoxy groups -OCH3 is 1. The molecule has 0 bridgehead atoms. The van der Waals surface area contributed by atoms with Gasteiger partial charge in [0.25, 0.3) is 0 Å². The summed E-state index contributed by atoms with van der Waals surface area (Å²) in [5, 5.41) is 15.9. The number of ether oxygens (including phenoxy) is 1. The van der Waals surface area contributed by atoms with Crippen LogP contribution in [0.15, 0.2) is 35.0 Å². The van der Waals surface area contributed by atoms with Gasteiger partial charge in [0, 0.05) is 0 Å². The number of phenolic OH excluding ortho intramolecular Hbond substituents is 1. The van der Waals surface area contributed by atoms with Crippen molar-refractivity contribution < 1.29 is 9.84 Å². The number of hydrogen-bond acceptors (Lipinski definition) is 7. The molecule has 22 heavy (non-hydrogen) atoms. The molecule has 2 aromatic heterocycles. The van der Waals surface area contributed by atoms with Crippen molar-refractivity contribution >= 4 is 33.6 Å². The minimum Gasteiger partial charge on any atom is -0.504 e. The van der Waals surface area contributed by atoms with Crippen LogP contribution in [-0.4, -0.2) is 28.4 Å². The first-order chi connectivity index (χ1) is 10.7. The number of nitrogens with one attached hydrogen (secondary N) is 1. The fourth-order valence-electron chi connectivity index (χ4n) is 2.00. The average molecular weight is 314 g/mol. The molecule has 0 spiro atoms. The van der Waals surface area contributed by atoms with Crippen LogP contribution < -0.4 is 10.2 Å². The average Bonchev–Trinajstić information content (AvgIpc) is 2.90. The van der Waals surface area contributed by atoms with Crippen molar-refractivity contribution in [2.75, 3.05) is 12.5 Å². The predicted octanol–water partition coefficient (Wildman–Crippen LogP) is 3.16. The number of anilines is 1. The summed E-state index contributed by atoms with van der Waals surface area (Å²) in [5.41, 5.74) is 5.71. The fourth-order valence-corrected chi connectivity index (χ4v) is 2.95. The topological polar surface area (TPSA) is 79.6 Å². The third kappa shape index (κ3) is 2.71. The largest absolute Gasteiger partial charge is 0.504 e. The Kier molecular flexibility index (Phi) is 3.88. The minimum atomic E-state index is 0.0739. The van der Waals surface area contributed by atoms with Crippen molar-refractivity contribution in [3.8, 4) is 11.5 Å². The van der Waals surface area contributed by atoms with Gasteiger partial charge in [-0.1, -0.05) is 0 Å². The summed E-state index contributed by atoms with van der Waals surface area (Å²) < 4.78 is 5.97. The maximum atomic E-state index is 9.73. The Morgan fingerprint density at radius 1 is 1.36 bits per heavy atom. The molecule has 0 saturated heterocycles. The molecule has 0 atom stereocenters. The van der Waals surface area contributed by atoms with Gasteiger partial charge in [0.05, 0.1) is 23.5 Å². The number of nitrogens with zero attached hydrogens (tertiary/aromatic N) is 3. The van der Waals surface area contributed by atoms with Gasteiger partial charge >= 0.3 is 0 Å². The van der Waals surface area contributed by atoms with Crippen molar-refractivity contribution in [2.24, 2.45) is 5.10 Å². The number of benzene rings is 1. The number of aromatic hydroxyl groups is 1. The van der Waals surface area contributed by atoms with Gasteiger partial charge in [0.15, 0.2) is 17.3 Å². The van der Waals surface area contributed by atoms with E-state index < -0.39 is 0 Å². The fraction of sp³-hybridized carbons (Fsp3) is 0.133. The summed E-state index contributed by atoms with van der Waals surface area (Å²) >= 11 is 1.58. The van der Waals surface area contributed by atoms with Crippen molar-refractivity contribution in [1.82, 2.24) is 9.97 Å². The van der Waals surface area contributed by atoms with E-state index in [0.29, 0.717) is 11.6 Å². The van der Waals surface area contributed by atoms with Gasteiger partial charge in [-0.05, 0) is 41.6 Å². The quantitative estimate of drug-likeness (QED) is 0.571. The number of thiophene rings is 1. The number of phenols is 1. The lowest BCUT2D eigenvalue weighted by Crippen LogP contribution is -1.95. The molecule has 0 fully saturated rings. The molecule has 0 saturated carbocycles. The smallest absolute Gasteiger partial charge is 0.167 e. The first-order valence-corrected chi connectivity index (χ1v) is 7.42. The highest BCUT2D eigenvalue weighted by Crippen LogP contribution is 2.28. The highest BCUT2D eigenvalue weighted by Gasteiger charge is 2.07. The second-order valence-electron chi connectivity index (χ2n) is 4.62. The molecule has 1 aromatic carbocycles. The lowest BCUT2D eigenvalue weighted by Gasteiger charge is -2.03. The van der Waals surface area contributed by atoms with Crippen molar-refractivity contribution in [1.29, 1.82) is 0 Å². The molecule has 0 amide bonds. The predicted molar refractivity (Wildman–Crippen MR) is 88.0 cm³/mol. The Labute approximate surface area is 131 Å². The molecule has 0 aliphatic heterocycles. The lowest BCUT2D eigenvalue weighted by molar-refractivity contribution is 0.373. The van der Waals surface area contributed by atoms with Crippen molar-refractivity contribution in [3.63, 3.8) is 0 Å². The third-order valence-electron chi connectivity index (χ3n) is 3.12. The summed E-state index contributed by atoms with van der Waals surface area (Å²) in [6.45, 7) is 2.01. The number of aromatic nitrogens is 2. The van der Waals surface area contributed by atoms with E-state index in [9.17, 15) is 5.11 Å². The Hall–Kier alpha value is -2.67. The van der Waals surface area contributed by atoms with Crippen molar-refractivity contribution in [2.45, 2.75) is 6.92 Å². The molecule has 112 valence electrons. The van der Waals surface area contributed by atoms with Gasteiger partial charge in [-0.3, -0.25) is 5.43 Å². The summed E-state index contributed by atoms with van der Waals surface area (Å²) in [7, 11) is 1.51. The molecular formula is C15H14N4O2S. The van der Waals surface area contributed by atoms with Crippen LogP contribution in [0.4, 0.5) is 5.82 Å². The Morgan fingerprint density at radius 3 is 3.00 bits per heavy atom. The summed E-state index contributed by atoms with van der Waals surface area (Å²) in [4.78, 5) is 8.46. The van der Waals surface area contributed by atoms with Gasteiger partial charge in [-0.15, -0.1) is 11.3 Å². The third-order valence-corrected chi connectivity index (χ3v) is 4.21. The molecule has 0 radical (unpaired) electrons. The number of aryl methyl sites for hydroxylation is 1. The highest BCUT2D eigenvalue weighted by molar-refractivity contribution is 7.18. The van der Waals surface area contributed by atoms with Crippen LogP contribution in [0, 0.1) is 6.92 Å². The SMILES string of the molecule is COc1ccc(C=NNc2ncnc3c(C)csc23)cc1O. The van der Waals surface area contributed by atoms with E-state index in [1.165, 1.54) is 13.4 Å². The molecule has 3 aromatic rings. The van der Waals surface area contributed by atoms with E-state index in [1.807, 2.05) is 12.3 Å². The minimum absolute atomic E-state index is 0.0739. The molecule has 0 unspecified atom stereocenters. The highest BCUT2D eigenvalue weighted by atomic mass is 32.1. The second-order valence-corrected chi connectivity index (χ2v) is 5.50. The zero-order chi connectivity index (χ0) is 15.5. The molecule has 0 aliphatic carbocycles. The van der Waals surface area contributed by atoms with Gasteiger partial charge in [-0.25, -0.2) is 9.97 Å². The van der Waals surface area contributed by atoms with Crippen LogP contribution in [0.25, 0.3) is 10.2 Å². The van der Waals surface area contributed by atoms with Crippen LogP contribution in [-0.2, 0) is 0 Å². The standard InChI is InChI=1S/C15H14N4O2S/c1-9-7-22-14-13(9)16-8-17-15(14)19-18-6-10-3-4-12(21-2)11(20)5-10/h3-8,20H,1-2H3,(H,16,17,19). The van der Waals surface area contributed by atoms with Crippen LogP contribution >= 0.6 is 11.3 Å². The zero-order valence-corrected chi connectivity index (χ0v) is 12.9. The molecular weight excluding hydrogens is 300 g/mol. The van der Waals surface area contributed by atoms with Gasteiger partial charge in [-0.2, -0.15) is 5.10 Å². The Balaban J connectivity index is 1.80. The van der Waals surface area contributed by atoms with Gasteiger partial charge in [0.2, 0.25) is 0 Å². The van der Waals surface area contributed by atoms with E-state index in [0.717, 1.165) is 21.3 Å². The zero-order valence-electron chi connectivity index (χ0n) is 12.1. The number of fused-ring (bicyclic) bond motifs is 1.